The second kappa shape index (κ2) is 11.5. The molecule has 0 bridgehead atoms. The lowest BCUT2D eigenvalue weighted by Crippen LogP contribution is -2.50. The minimum absolute atomic E-state index is 0. The topological polar surface area (TPSA) is 94.5 Å². The van der Waals surface area contributed by atoms with Crippen LogP contribution < -0.4 is 11.1 Å². The molecule has 0 radical (unpaired) electrons. The van der Waals surface area contributed by atoms with Gasteiger partial charge in [0, 0.05) is 11.8 Å². The number of halogens is 4. The van der Waals surface area contributed by atoms with Crippen molar-refractivity contribution in [2.45, 2.75) is 45.6 Å². The summed E-state index contributed by atoms with van der Waals surface area (Å²) in [6.07, 6.45) is -3.11. The first kappa shape index (κ1) is 29.1. The number of pyridine rings is 1. The van der Waals surface area contributed by atoms with Crippen LogP contribution in [0.15, 0.2) is 66.9 Å². The summed E-state index contributed by atoms with van der Waals surface area (Å²) < 4.78 is 48.6. The van der Waals surface area contributed by atoms with E-state index in [0.29, 0.717) is 0 Å². The summed E-state index contributed by atoms with van der Waals surface area (Å²) in [6.45, 7) is 3.36. The second-order valence-electron chi connectivity index (χ2n) is 9.12. The third-order valence-electron chi connectivity index (χ3n) is 5.62. The van der Waals surface area contributed by atoms with E-state index in [4.69, 9.17) is 22.1 Å². The van der Waals surface area contributed by atoms with E-state index in [1.165, 1.54) is 34.9 Å². The number of hydrogen-bond donors (Lipinski definition) is 2. The van der Waals surface area contributed by atoms with Crippen molar-refractivity contribution in [1.82, 2.24) is 19.9 Å². The zero-order valence-corrected chi connectivity index (χ0v) is 20.8. The lowest BCUT2D eigenvalue weighted by atomic mass is 10.00. The van der Waals surface area contributed by atoms with Crippen molar-refractivity contribution in [1.29, 1.82) is 0 Å². The largest absolute Gasteiger partial charge is 0.417 e. The molecule has 2 aromatic carbocycles. The molecular weight excluding hydrogens is 519 g/mol. The first-order valence-corrected chi connectivity index (χ1v) is 11.7. The SMILES string of the molecule is C.CC(C)(N)C(=O)N[C@H](COCc1ccccc1)c1nnc2c(-c3ccccc3C(F)(F)F)cc(Cl)cn12. The molecule has 38 heavy (non-hydrogen) atoms. The molecule has 4 aromatic rings. The Morgan fingerprint density at radius 1 is 1.08 bits per heavy atom. The van der Waals surface area contributed by atoms with Crippen LogP contribution in [-0.4, -0.2) is 32.7 Å². The number of alkyl halides is 3. The molecule has 0 fully saturated rings. The van der Waals surface area contributed by atoms with Crippen molar-refractivity contribution in [3.05, 3.63) is 88.8 Å². The molecule has 0 unspecified atom stereocenters. The quantitative estimate of drug-likeness (QED) is 0.290. The number of nitrogens with two attached hydrogens (primary N) is 1. The zero-order valence-electron chi connectivity index (χ0n) is 20.1. The van der Waals surface area contributed by atoms with Gasteiger partial charge in [-0.3, -0.25) is 9.20 Å². The van der Waals surface area contributed by atoms with E-state index < -0.39 is 29.2 Å². The van der Waals surface area contributed by atoms with Gasteiger partial charge in [0.2, 0.25) is 5.91 Å². The first-order valence-electron chi connectivity index (χ1n) is 11.4. The van der Waals surface area contributed by atoms with Crippen LogP contribution >= 0.6 is 11.6 Å². The van der Waals surface area contributed by atoms with Gasteiger partial charge in [0.05, 0.1) is 29.3 Å². The minimum atomic E-state index is -4.59. The average Bonchev–Trinajstić information content (AvgIpc) is 3.26. The van der Waals surface area contributed by atoms with Crippen molar-refractivity contribution in [3.63, 3.8) is 0 Å². The monoisotopic (exact) mass is 547 g/mol. The van der Waals surface area contributed by atoms with E-state index in [9.17, 15) is 18.0 Å². The molecule has 1 amide bonds. The highest BCUT2D eigenvalue weighted by Gasteiger charge is 2.34. The van der Waals surface area contributed by atoms with E-state index >= 15 is 0 Å². The van der Waals surface area contributed by atoms with Crippen LogP contribution in [0, 0.1) is 0 Å². The first-order chi connectivity index (χ1) is 17.4. The third kappa shape index (κ3) is 6.50. The average molecular weight is 548 g/mol. The standard InChI is InChI=1S/C26H25ClF3N5O2.CH4/c1-25(2,31)24(36)32-21(15-37-14-16-8-4-3-5-9-16)23-34-33-22-19(12-17(27)13-35(22)23)18-10-6-7-11-20(18)26(28,29)30;/h3-13,21H,14-15,31H2,1-2H3,(H,32,36);1H4/t21-;/m1./s1. The maximum absolute atomic E-state index is 13.8. The van der Waals surface area contributed by atoms with Crippen molar-refractivity contribution in [2.24, 2.45) is 5.73 Å². The van der Waals surface area contributed by atoms with Gasteiger partial charge in [-0.15, -0.1) is 10.2 Å². The fourth-order valence-corrected chi connectivity index (χ4v) is 3.98. The van der Waals surface area contributed by atoms with Crippen LogP contribution in [0.25, 0.3) is 16.8 Å². The van der Waals surface area contributed by atoms with Gasteiger partial charge in [-0.05, 0) is 37.1 Å². The van der Waals surface area contributed by atoms with Crippen molar-refractivity contribution < 1.29 is 22.7 Å². The van der Waals surface area contributed by atoms with Crippen LogP contribution in [0.3, 0.4) is 0 Å². The van der Waals surface area contributed by atoms with E-state index in [0.717, 1.165) is 11.6 Å². The molecule has 0 aliphatic rings. The van der Waals surface area contributed by atoms with E-state index in [1.54, 1.807) is 13.8 Å². The molecule has 0 saturated heterocycles. The normalized spacial score (nSPS) is 12.7. The van der Waals surface area contributed by atoms with E-state index in [-0.39, 0.29) is 48.3 Å². The number of rotatable bonds is 8. The number of nitrogens with zero attached hydrogens (tertiary/aromatic N) is 3. The van der Waals surface area contributed by atoms with Crippen molar-refractivity contribution >= 4 is 23.2 Å². The Labute approximate surface area is 223 Å². The van der Waals surface area contributed by atoms with Gasteiger partial charge < -0.3 is 15.8 Å². The van der Waals surface area contributed by atoms with Gasteiger partial charge in [0.25, 0.3) is 0 Å². The number of hydrogen-bond acceptors (Lipinski definition) is 5. The second-order valence-corrected chi connectivity index (χ2v) is 9.55. The Kier molecular flexibility index (Phi) is 8.81. The summed E-state index contributed by atoms with van der Waals surface area (Å²) in [5, 5.41) is 11.4. The van der Waals surface area contributed by atoms with Crippen molar-refractivity contribution in [2.75, 3.05) is 6.61 Å². The van der Waals surface area contributed by atoms with Gasteiger partial charge in [0.1, 0.15) is 6.04 Å². The number of ether oxygens (including phenoxy) is 1. The minimum Gasteiger partial charge on any atom is -0.374 e. The number of nitrogens with one attached hydrogen (secondary N) is 1. The van der Waals surface area contributed by atoms with E-state index in [1.807, 2.05) is 30.3 Å². The smallest absolute Gasteiger partial charge is 0.374 e. The third-order valence-corrected chi connectivity index (χ3v) is 5.83. The molecule has 2 heterocycles. The Balaban J connectivity index is 0.00000400. The molecule has 0 spiro atoms. The molecule has 0 saturated carbocycles. The molecule has 1 atom stereocenters. The predicted octanol–water partition coefficient (Wildman–Crippen LogP) is 5.82. The maximum atomic E-state index is 13.8. The Hall–Kier alpha value is -3.47. The number of benzene rings is 2. The van der Waals surface area contributed by atoms with Crippen LogP contribution in [0.2, 0.25) is 5.02 Å². The number of aromatic nitrogens is 3. The highest BCUT2D eigenvalue weighted by Crippen LogP contribution is 2.39. The summed E-state index contributed by atoms with van der Waals surface area (Å²) in [4.78, 5) is 12.7. The highest BCUT2D eigenvalue weighted by molar-refractivity contribution is 6.31. The molecule has 0 aliphatic heterocycles. The van der Waals surface area contributed by atoms with E-state index in [2.05, 4.69) is 15.5 Å². The molecule has 2 aromatic heterocycles. The number of carbonyl (C=O) groups is 1. The van der Waals surface area contributed by atoms with Gasteiger partial charge in [-0.25, -0.2) is 0 Å². The maximum Gasteiger partial charge on any atom is 0.417 e. The summed E-state index contributed by atoms with van der Waals surface area (Å²) in [5.74, 6) is -0.240. The predicted molar refractivity (Wildman–Crippen MR) is 140 cm³/mol. The molecule has 202 valence electrons. The fourth-order valence-electron chi connectivity index (χ4n) is 3.77. The van der Waals surface area contributed by atoms with Gasteiger partial charge in [-0.1, -0.05) is 67.6 Å². The van der Waals surface area contributed by atoms with Crippen LogP contribution in [-0.2, 0) is 22.3 Å². The van der Waals surface area contributed by atoms with Crippen LogP contribution in [0.4, 0.5) is 13.2 Å². The number of fused-ring (bicyclic) bond motifs is 1. The van der Waals surface area contributed by atoms with Gasteiger partial charge in [-0.2, -0.15) is 13.2 Å². The van der Waals surface area contributed by atoms with Crippen LogP contribution in [0.1, 0.15) is 44.3 Å². The van der Waals surface area contributed by atoms with Gasteiger partial charge >= 0.3 is 6.18 Å². The Morgan fingerprint density at radius 3 is 2.39 bits per heavy atom. The summed E-state index contributed by atoms with van der Waals surface area (Å²) in [7, 11) is 0. The highest BCUT2D eigenvalue weighted by atomic mass is 35.5. The molecule has 4 rings (SSSR count). The van der Waals surface area contributed by atoms with Crippen molar-refractivity contribution in [3.8, 4) is 11.1 Å². The van der Waals surface area contributed by atoms with Crippen LogP contribution in [0.5, 0.6) is 0 Å². The molecule has 0 aliphatic carbocycles. The lowest BCUT2D eigenvalue weighted by Gasteiger charge is -2.23. The summed E-state index contributed by atoms with van der Waals surface area (Å²) in [6, 6.07) is 15.2. The lowest BCUT2D eigenvalue weighted by molar-refractivity contribution is -0.137. The zero-order chi connectivity index (χ0) is 26.8. The number of amides is 1. The summed E-state index contributed by atoms with van der Waals surface area (Å²) >= 11 is 6.34. The fraction of sp³-hybridized carbons (Fsp3) is 0.296. The number of carbonyl (C=O) groups excluding carboxylic acids is 1. The molecular formula is C27H29ClF3N5O2. The molecule has 11 heteroatoms. The Bertz CT molecular complexity index is 1400. The van der Waals surface area contributed by atoms with Gasteiger partial charge in [0.15, 0.2) is 11.5 Å². The molecule has 3 N–H and O–H groups in total. The molecule has 7 nitrogen and oxygen atoms in total. The summed E-state index contributed by atoms with van der Waals surface area (Å²) in [5.41, 5.74) is 5.06. The Morgan fingerprint density at radius 2 is 1.74 bits per heavy atom.